The van der Waals surface area contributed by atoms with Gasteiger partial charge in [0.2, 0.25) is 0 Å². The first-order valence-corrected chi connectivity index (χ1v) is 6.42. The molecular weight excluding hydrogens is 327 g/mol. The van der Waals surface area contributed by atoms with Crippen LogP contribution in [0.5, 0.6) is 0 Å². The maximum Gasteiger partial charge on any atom is 0.139 e. The molecule has 2 rings (SSSR count). The summed E-state index contributed by atoms with van der Waals surface area (Å²) < 4.78 is 1.04. The maximum atomic E-state index is 9.44. The lowest BCUT2D eigenvalue weighted by Gasteiger charge is -2.18. The zero-order chi connectivity index (χ0) is 12.1. The van der Waals surface area contributed by atoms with Gasteiger partial charge in [0.05, 0.1) is 16.2 Å². The molecule has 88 valence electrons. The Morgan fingerprint density at radius 1 is 1.18 bits per heavy atom. The highest BCUT2D eigenvalue weighted by Crippen LogP contribution is 2.21. The molecule has 0 aliphatic heterocycles. The molecule has 0 amide bonds. The number of nitrogens with one attached hydrogen (secondary N) is 1. The highest BCUT2D eigenvalue weighted by Gasteiger charge is 2.11. The van der Waals surface area contributed by atoms with Crippen LogP contribution < -0.4 is 5.32 Å². The number of rotatable bonds is 4. The summed E-state index contributed by atoms with van der Waals surface area (Å²) in [5, 5.41) is 12.7. The molecule has 0 saturated carbocycles. The summed E-state index contributed by atoms with van der Waals surface area (Å²) in [6, 6.07) is 13.6. The zero-order valence-electron chi connectivity index (χ0n) is 9.18. The molecule has 0 spiro atoms. The lowest BCUT2D eigenvalue weighted by Crippen LogP contribution is -2.16. The molecule has 2 aromatic rings. The monoisotopic (exact) mass is 340 g/mol. The van der Waals surface area contributed by atoms with Crippen molar-refractivity contribution in [2.24, 2.45) is 0 Å². The molecule has 3 nitrogen and oxygen atoms in total. The molecule has 1 aromatic carbocycles. The van der Waals surface area contributed by atoms with Gasteiger partial charge in [-0.25, -0.2) is 4.98 Å². The van der Waals surface area contributed by atoms with Crippen LogP contribution in [0.25, 0.3) is 0 Å². The number of pyridine rings is 1. The van der Waals surface area contributed by atoms with Crippen molar-refractivity contribution in [1.82, 2.24) is 4.98 Å². The van der Waals surface area contributed by atoms with Gasteiger partial charge < -0.3 is 10.4 Å². The van der Waals surface area contributed by atoms with Crippen LogP contribution in [-0.2, 0) is 0 Å². The number of hydrogen-bond donors (Lipinski definition) is 2. The molecule has 0 saturated heterocycles. The third kappa shape index (κ3) is 3.17. The van der Waals surface area contributed by atoms with E-state index in [1.54, 1.807) is 6.20 Å². The topological polar surface area (TPSA) is 45.1 Å². The second kappa shape index (κ2) is 5.97. The zero-order valence-corrected chi connectivity index (χ0v) is 11.3. The van der Waals surface area contributed by atoms with E-state index in [1.807, 2.05) is 42.5 Å². The molecule has 2 N–H and O–H groups in total. The summed E-state index contributed by atoms with van der Waals surface area (Å²) in [5.41, 5.74) is 1.05. The predicted molar refractivity (Wildman–Crippen MR) is 76.8 cm³/mol. The van der Waals surface area contributed by atoms with E-state index in [2.05, 4.69) is 32.9 Å². The summed E-state index contributed by atoms with van der Waals surface area (Å²) >= 11 is 2.22. The van der Waals surface area contributed by atoms with Crippen molar-refractivity contribution < 1.29 is 5.11 Å². The Morgan fingerprint density at radius 2 is 1.94 bits per heavy atom. The molecular formula is C13H13IN2O. The first-order chi connectivity index (χ1) is 8.31. The first-order valence-electron chi connectivity index (χ1n) is 5.34. The molecule has 4 heteroatoms. The van der Waals surface area contributed by atoms with Gasteiger partial charge in [0.25, 0.3) is 0 Å². The number of hydrogen-bond acceptors (Lipinski definition) is 3. The van der Waals surface area contributed by atoms with Gasteiger partial charge in [0.1, 0.15) is 5.82 Å². The predicted octanol–water partition coefficient (Wildman–Crippen LogP) is 2.83. The van der Waals surface area contributed by atoms with Crippen molar-refractivity contribution >= 4 is 28.4 Å². The fourth-order valence-corrected chi connectivity index (χ4v) is 2.08. The minimum absolute atomic E-state index is 0.0384. The Balaban J connectivity index is 2.19. The third-order valence-electron chi connectivity index (χ3n) is 2.45. The highest BCUT2D eigenvalue weighted by molar-refractivity contribution is 14.1. The van der Waals surface area contributed by atoms with Crippen LogP contribution in [0.4, 0.5) is 5.82 Å². The van der Waals surface area contributed by atoms with Crippen molar-refractivity contribution in [2.45, 2.75) is 6.04 Å². The molecule has 0 fully saturated rings. The molecule has 0 radical (unpaired) electrons. The Bertz CT molecular complexity index is 476. The maximum absolute atomic E-state index is 9.44. The Hall–Kier alpha value is -1.14. The first kappa shape index (κ1) is 12.3. The number of nitrogens with zero attached hydrogens (tertiary/aromatic N) is 1. The van der Waals surface area contributed by atoms with E-state index in [1.165, 1.54) is 0 Å². The van der Waals surface area contributed by atoms with Crippen LogP contribution in [-0.4, -0.2) is 16.7 Å². The van der Waals surface area contributed by atoms with Crippen molar-refractivity contribution in [3.63, 3.8) is 0 Å². The number of aliphatic hydroxyl groups excluding tert-OH is 1. The largest absolute Gasteiger partial charge is 0.394 e. The van der Waals surface area contributed by atoms with Gasteiger partial charge in [-0.3, -0.25) is 0 Å². The van der Waals surface area contributed by atoms with Crippen LogP contribution in [0.3, 0.4) is 0 Å². The fraction of sp³-hybridized carbons (Fsp3) is 0.154. The van der Waals surface area contributed by atoms with E-state index in [0.717, 1.165) is 15.0 Å². The second-order valence-electron chi connectivity index (χ2n) is 3.62. The smallest absolute Gasteiger partial charge is 0.139 e. The molecule has 0 aliphatic carbocycles. The van der Waals surface area contributed by atoms with Gasteiger partial charge in [-0.2, -0.15) is 0 Å². The SMILES string of the molecule is OC[C@H](Nc1ncccc1I)c1ccccc1. The second-order valence-corrected chi connectivity index (χ2v) is 4.79. The molecule has 0 unspecified atom stereocenters. The molecule has 0 aliphatic rings. The van der Waals surface area contributed by atoms with E-state index in [4.69, 9.17) is 0 Å². The van der Waals surface area contributed by atoms with Crippen LogP contribution in [0.1, 0.15) is 11.6 Å². The van der Waals surface area contributed by atoms with Crippen LogP contribution in [0, 0.1) is 3.57 Å². The number of aromatic nitrogens is 1. The lowest BCUT2D eigenvalue weighted by molar-refractivity contribution is 0.276. The molecule has 0 bridgehead atoms. The third-order valence-corrected chi connectivity index (χ3v) is 3.32. The van der Waals surface area contributed by atoms with Gasteiger partial charge in [0, 0.05) is 6.20 Å². The minimum Gasteiger partial charge on any atom is -0.394 e. The number of benzene rings is 1. The van der Waals surface area contributed by atoms with E-state index in [0.29, 0.717) is 0 Å². The van der Waals surface area contributed by atoms with Crippen molar-refractivity contribution in [3.05, 3.63) is 57.8 Å². The molecule has 17 heavy (non-hydrogen) atoms. The Labute approximate surface area is 114 Å². The van der Waals surface area contributed by atoms with Crippen LogP contribution in [0.15, 0.2) is 48.7 Å². The van der Waals surface area contributed by atoms with Crippen molar-refractivity contribution in [3.8, 4) is 0 Å². The average molecular weight is 340 g/mol. The van der Waals surface area contributed by atoms with Gasteiger partial charge in [-0.1, -0.05) is 30.3 Å². The van der Waals surface area contributed by atoms with Crippen LogP contribution >= 0.6 is 22.6 Å². The van der Waals surface area contributed by atoms with Gasteiger partial charge in [-0.15, -0.1) is 0 Å². The average Bonchev–Trinajstić information content (AvgIpc) is 2.39. The molecule has 1 heterocycles. The minimum atomic E-state index is -0.125. The summed E-state index contributed by atoms with van der Waals surface area (Å²) in [6.45, 7) is 0.0384. The quantitative estimate of drug-likeness (QED) is 0.842. The normalized spacial score (nSPS) is 12.1. The number of halogens is 1. The van der Waals surface area contributed by atoms with E-state index < -0.39 is 0 Å². The fourth-order valence-electron chi connectivity index (χ4n) is 1.58. The summed E-state index contributed by atoms with van der Waals surface area (Å²) in [4.78, 5) is 4.26. The van der Waals surface area contributed by atoms with Crippen molar-refractivity contribution in [2.75, 3.05) is 11.9 Å². The summed E-state index contributed by atoms with van der Waals surface area (Å²) in [6.07, 6.45) is 1.74. The summed E-state index contributed by atoms with van der Waals surface area (Å²) in [5.74, 6) is 0.802. The van der Waals surface area contributed by atoms with Crippen molar-refractivity contribution in [1.29, 1.82) is 0 Å². The van der Waals surface area contributed by atoms with Gasteiger partial charge in [0.15, 0.2) is 0 Å². The highest BCUT2D eigenvalue weighted by atomic mass is 127. The molecule has 1 atom stereocenters. The number of aliphatic hydroxyl groups is 1. The lowest BCUT2D eigenvalue weighted by atomic mass is 10.1. The van der Waals surface area contributed by atoms with Crippen LogP contribution in [0.2, 0.25) is 0 Å². The Kier molecular flexibility index (Phi) is 4.33. The Morgan fingerprint density at radius 3 is 2.59 bits per heavy atom. The molecule has 1 aromatic heterocycles. The number of anilines is 1. The standard InChI is InChI=1S/C13H13IN2O/c14-11-7-4-8-15-13(11)16-12(9-17)10-5-2-1-3-6-10/h1-8,12,17H,9H2,(H,15,16)/t12-/m0/s1. The van der Waals surface area contributed by atoms with Gasteiger partial charge in [-0.05, 0) is 40.3 Å². The van der Waals surface area contributed by atoms with E-state index in [9.17, 15) is 5.11 Å². The van der Waals surface area contributed by atoms with E-state index in [-0.39, 0.29) is 12.6 Å². The summed E-state index contributed by atoms with van der Waals surface area (Å²) in [7, 11) is 0. The van der Waals surface area contributed by atoms with Gasteiger partial charge >= 0.3 is 0 Å². The van der Waals surface area contributed by atoms with E-state index >= 15 is 0 Å².